The van der Waals surface area contributed by atoms with Crippen LogP contribution in [0.5, 0.6) is 5.75 Å². The number of hydrogen-bond donors (Lipinski definition) is 4. The lowest BCUT2D eigenvalue weighted by molar-refractivity contribution is -0.146. The number of rotatable bonds is 11. The summed E-state index contributed by atoms with van der Waals surface area (Å²) in [4.78, 5) is 28.7. The molecule has 0 radical (unpaired) electrons. The molecule has 1 fully saturated rings. The van der Waals surface area contributed by atoms with Crippen molar-refractivity contribution in [2.24, 2.45) is 5.73 Å². The molecular weight excluding hydrogens is 596 g/mol. The molecule has 0 amide bonds. The zero-order valence-electron chi connectivity index (χ0n) is 23.5. The number of nitrogen functional groups attached to an aromatic ring is 1. The number of aromatic nitrogens is 2. The first-order valence-corrected chi connectivity index (χ1v) is 15.1. The molecule has 15 heteroatoms. The summed E-state index contributed by atoms with van der Waals surface area (Å²) in [5.74, 6) is -0.726. The fourth-order valence-electron chi connectivity index (χ4n) is 4.57. The quantitative estimate of drug-likeness (QED) is 0.141. The van der Waals surface area contributed by atoms with Gasteiger partial charge in [-0.1, -0.05) is 66.7 Å². The summed E-state index contributed by atoms with van der Waals surface area (Å²) in [7, 11) is -4.56. The van der Waals surface area contributed by atoms with Crippen molar-refractivity contribution in [2.45, 2.75) is 43.8 Å². The molecule has 1 saturated heterocycles. The zero-order chi connectivity index (χ0) is 31.5. The van der Waals surface area contributed by atoms with Gasteiger partial charge in [0.15, 0.2) is 18.1 Å². The number of benzene rings is 3. The van der Waals surface area contributed by atoms with Crippen molar-refractivity contribution in [3.63, 3.8) is 0 Å². The van der Waals surface area contributed by atoms with Crippen molar-refractivity contribution in [3.8, 4) is 5.75 Å². The van der Waals surface area contributed by atoms with Gasteiger partial charge in [-0.05, 0) is 30.0 Å². The van der Waals surface area contributed by atoms with Crippen molar-refractivity contribution in [3.05, 3.63) is 101 Å². The lowest BCUT2D eigenvalue weighted by Crippen LogP contribution is -2.53. The zero-order valence-corrected chi connectivity index (χ0v) is 24.4. The maximum absolute atomic E-state index is 15.4. The molecule has 0 spiro atoms. The second-order valence-electron chi connectivity index (χ2n) is 10.2. The number of alkyl halides is 1. The van der Waals surface area contributed by atoms with E-state index in [2.05, 4.69) is 10.1 Å². The van der Waals surface area contributed by atoms with Gasteiger partial charge in [0.25, 0.3) is 0 Å². The number of fused-ring (bicyclic) bond motifs is 1. The molecule has 0 saturated carbocycles. The number of nitrogens with two attached hydrogens (primary N) is 2. The predicted octanol–water partition coefficient (Wildman–Crippen LogP) is 2.79. The Morgan fingerprint density at radius 2 is 1.86 bits per heavy atom. The molecule has 44 heavy (non-hydrogen) atoms. The lowest BCUT2D eigenvalue weighted by atomic mass is 10.1. The normalized spacial score (nSPS) is 23.6. The van der Waals surface area contributed by atoms with Gasteiger partial charge in [0.05, 0.1) is 0 Å². The van der Waals surface area contributed by atoms with E-state index < -0.39 is 56.3 Å². The van der Waals surface area contributed by atoms with Gasteiger partial charge in [-0.2, -0.15) is 10.1 Å². The summed E-state index contributed by atoms with van der Waals surface area (Å²) in [6.45, 7) is 0.418. The summed E-state index contributed by atoms with van der Waals surface area (Å²) >= 11 is 0. The molecule has 1 aromatic heterocycles. The first kappa shape index (κ1) is 31.3. The first-order valence-electron chi connectivity index (χ1n) is 13.5. The van der Waals surface area contributed by atoms with Gasteiger partial charge in [-0.15, -0.1) is 0 Å². The van der Waals surface area contributed by atoms with Gasteiger partial charge in [0, 0.05) is 11.6 Å². The molecule has 0 bridgehead atoms. The Balaban J connectivity index is 1.37. The van der Waals surface area contributed by atoms with Crippen LogP contribution in [0.4, 0.5) is 10.2 Å². The number of esters is 1. The number of carbonyl (C=O) groups is 1. The fourth-order valence-corrected chi connectivity index (χ4v) is 6.12. The van der Waals surface area contributed by atoms with Crippen molar-refractivity contribution < 1.29 is 37.4 Å². The molecule has 1 unspecified atom stereocenters. The van der Waals surface area contributed by atoms with Crippen LogP contribution in [0.25, 0.3) is 10.8 Å². The topological polar surface area (TPSA) is 190 Å². The van der Waals surface area contributed by atoms with E-state index in [1.54, 1.807) is 48.5 Å². The van der Waals surface area contributed by atoms with Crippen LogP contribution in [0.1, 0.15) is 18.7 Å². The Hall–Kier alpha value is -4.17. The van der Waals surface area contributed by atoms with Crippen LogP contribution in [0.3, 0.4) is 0 Å². The third kappa shape index (κ3) is 6.81. The average molecular weight is 628 g/mol. The Kier molecular flexibility index (Phi) is 9.11. The maximum Gasteiger partial charge on any atom is 0.459 e. The van der Waals surface area contributed by atoms with Crippen LogP contribution in [0, 0.1) is 0 Å². The van der Waals surface area contributed by atoms with E-state index in [1.165, 1.54) is 13.0 Å². The summed E-state index contributed by atoms with van der Waals surface area (Å²) in [5.41, 5.74) is 9.09. The number of hydrogen-bond acceptors (Lipinski definition) is 11. The van der Waals surface area contributed by atoms with E-state index >= 15 is 4.39 Å². The minimum absolute atomic E-state index is 0.0387. The van der Waals surface area contributed by atoms with Gasteiger partial charge in [0.1, 0.15) is 36.9 Å². The predicted molar refractivity (Wildman–Crippen MR) is 158 cm³/mol. The van der Waals surface area contributed by atoms with Crippen LogP contribution in [0.2, 0.25) is 0 Å². The highest BCUT2D eigenvalue weighted by molar-refractivity contribution is 7.52. The summed E-state index contributed by atoms with van der Waals surface area (Å²) in [6, 6.07) is 21.1. The molecule has 1 aliphatic heterocycles. The molecule has 5 rings (SSSR count). The molecule has 4 aromatic rings. The average Bonchev–Trinajstić information content (AvgIpc) is 3.23. The Morgan fingerprint density at radius 3 is 2.61 bits per heavy atom. The summed E-state index contributed by atoms with van der Waals surface area (Å²) in [6.07, 6.45) is -4.67. The lowest BCUT2D eigenvalue weighted by Gasteiger charge is -2.29. The largest absolute Gasteiger partial charge is 0.460 e. The number of carbonyl (C=O) groups excluding carboxylic acids is 1. The molecule has 13 nitrogen and oxygen atoms in total. The molecule has 232 valence electrons. The summed E-state index contributed by atoms with van der Waals surface area (Å²) < 4.78 is 52.8. The second-order valence-corrected chi connectivity index (χ2v) is 11.9. The fraction of sp³-hybridized carbons (Fsp3) is 0.276. The highest BCUT2D eigenvalue weighted by atomic mass is 31.2. The number of anilines is 1. The highest BCUT2D eigenvalue weighted by Crippen LogP contribution is 2.48. The molecule has 2 heterocycles. The van der Waals surface area contributed by atoms with Gasteiger partial charge in [-0.3, -0.25) is 19.6 Å². The summed E-state index contributed by atoms with van der Waals surface area (Å²) in [5, 5.41) is 14.4. The standard InChI is InChI=1S/C29H31FN5O8P/c1-18(27(37)40-16-19-8-3-2-4-9-19)34-44(39,43-22-13-7-11-20-10-5-6-12-21(20)22)41-17-29(32)25(30)24(36)26(42-29)35-15-14-23(31)33-28(35)38/h2-15,18,24-26,36H,16-17,32H2,1H3,(H,34,39)(H2,31,33,38)/t18-,24+,25-,26+,29+,44?/m0/s1. The Labute approximate surface area is 251 Å². The Morgan fingerprint density at radius 1 is 1.16 bits per heavy atom. The van der Waals surface area contributed by atoms with E-state index in [1.807, 2.05) is 24.3 Å². The van der Waals surface area contributed by atoms with Crippen molar-refractivity contribution >= 4 is 30.3 Å². The molecular formula is C29H31FN5O8P. The third-order valence-electron chi connectivity index (χ3n) is 6.88. The number of nitrogens with zero attached hydrogens (tertiary/aromatic N) is 2. The van der Waals surface area contributed by atoms with Gasteiger partial charge < -0.3 is 24.8 Å². The van der Waals surface area contributed by atoms with Crippen molar-refractivity contribution in [2.75, 3.05) is 12.3 Å². The van der Waals surface area contributed by atoms with Crippen LogP contribution in [0.15, 0.2) is 89.9 Å². The van der Waals surface area contributed by atoms with Crippen molar-refractivity contribution in [1.82, 2.24) is 14.6 Å². The Bertz CT molecular complexity index is 1740. The van der Waals surface area contributed by atoms with Gasteiger partial charge in [-0.25, -0.2) is 13.8 Å². The maximum atomic E-state index is 15.4. The number of halogens is 1. The van der Waals surface area contributed by atoms with E-state index in [0.717, 1.165) is 21.7 Å². The first-order chi connectivity index (χ1) is 21.0. The monoisotopic (exact) mass is 627 g/mol. The molecule has 3 aromatic carbocycles. The van der Waals surface area contributed by atoms with Gasteiger partial charge in [0.2, 0.25) is 0 Å². The molecule has 0 aliphatic carbocycles. The number of ether oxygens (including phenoxy) is 2. The van der Waals surface area contributed by atoms with Crippen LogP contribution in [-0.4, -0.2) is 51.3 Å². The van der Waals surface area contributed by atoms with Crippen LogP contribution in [-0.2, 0) is 30.0 Å². The van der Waals surface area contributed by atoms with Crippen LogP contribution >= 0.6 is 7.75 Å². The van der Waals surface area contributed by atoms with Crippen molar-refractivity contribution in [1.29, 1.82) is 0 Å². The van der Waals surface area contributed by atoms with Crippen LogP contribution < -0.4 is 26.8 Å². The SMILES string of the molecule is C[C@H](NP(=O)(OC[C@@]1(N)O[C@@H](n2ccc(N)nc2=O)[C@H](O)[C@@H]1F)Oc1cccc2ccccc12)C(=O)OCc1ccccc1. The second kappa shape index (κ2) is 12.8. The van der Waals surface area contributed by atoms with E-state index in [-0.39, 0.29) is 18.2 Å². The van der Waals surface area contributed by atoms with Gasteiger partial charge >= 0.3 is 19.4 Å². The minimum atomic E-state index is -4.56. The molecule has 6 N–H and O–H groups in total. The van der Waals surface area contributed by atoms with E-state index in [0.29, 0.717) is 5.39 Å². The number of nitrogens with one attached hydrogen (secondary N) is 1. The smallest absolute Gasteiger partial charge is 0.459 e. The number of aliphatic hydroxyl groups excluding tert-OH is 1. The van der Waals surface area contributed by atoms with E-state index in [9.17, 15) is 19.3 Å². The third-order valence-corrected chi connectivity index (χ3v) is 8.49. The molecule has 1 aliphatic rings. The molecule has 6 atom stereocenters. The minimum Gasteiger partial charge on any atom is -0.460 e. The number of aliphatic hydroxyl groups is 1. The highest BCUT2D eigenvalue weighted by Gasteiger charge is 2.56. The van der Waals surface area contributed by atoms with E-state index in [4.69, 9.17) is 30.0 Å².